The zero-order valence-corrected chi connectivity index (χ0v) is 18.6. The maximum absolute atomic E-state index is 13.8. The van der Waals surface area contributed by atoms with Gasteiger partial charge >= 0.3 is 0 Å². The fourth-order valence-electron chi connectivity index (χ4n) is 3.14. The number of nitrogens with zero attached hydrogens (tertiary/aromatic N) is 2. The van der Waals surface area contributed by atoms with Crippen molar-refractivity contribution in [3.63, 3.8) is 0 Å². The van der Waals surface area contributed by atoms with E-state index in [1.54, 1.807) is 37.3 Å². The second kappa shape index (κ2) is 10.3. The molecular weight excluding hydrogens is 484 g/mol. The van der Waals surface area contributed by atoms with E-state index in [1.807, 2.05) is 0 Å². The molecule has 0 spiro atoms. The van der Waals surface area contributed by atoms with Gasteiger partial charge in [0.25, 0.3) is 11.8 Å². The highest BCUT2D eigenvalue weighted by atomic mass is 19.2. The molecule has 0 saturated heterocycles. The standard InChI is InChI=1S/C24H18F4N4O4/c1-2-32-11-17(21(31-32)24(34)29-13-6-4-3-5-7-13)30-23(33)18-9-8-14(36-18)12-35-22-19(27)15(25)10-16(26)20(22)28/h3-11H,2,12H2,1H3,(H,29,34)(H,30,33). The monoisotopic (exact) mass is 502 g/mol. The molecule has 2 aromatic carbocycles. The first-order valence-electron chi connectivity index (χ1n) is 10.6. The van der Waals surface area contributed by atoms with Gasteiger partial charge < -0.3 is 19.8 Å². The molecule has 2 aromatic heterocycles. The van der Waals surface area contributed by atoms with Crippen LogP contribution < -0.4 is 15.4 Å². The minimum Gasteiger partial charge on any atom is -0.479 e. The van der Waals surface area contributed by atoms with Gasteiger partial charge in [0.1, 0.15) is 12.4 Å². The van der Waals surface area contributed by atoms with Crippen LogP contribution in [0.15, 0.2) is 59.1 Å². The van der Waals surface area contributed by atoms with Crippen LogP contribution in [0.4, 0.5) is 28.9 Å². The molecule has 0 fully saturated rings. The van der Waals surface area contributed by atoms with Crippen molar-refractivity contribution in [1.29, 1.82) is 0 Å². The maximum Gasteiger partial charge on any atom is 0.291 e. The SMILES string of the molecule is CCn1cc(NC(=O)c2ccc(COc3c(F)c(F)cc(F)c3F)o2)c(C(=O)Nc2ccccc2)n1. The van der Waals surface area contributed by atoms with Gasteiger partial charge in [0.2, 0.25) is 11.6 Å². The van der Waals surface area contributed by atoms with Crippen molar-refractivity contribution in [3.05, 3.63) is 95.2 Å². The van der Waals surface area contributed by atoms with Gasteiger partial charge in [-0.3, -0.25) is 14.3 Å². The lowest BCUT2D eigenvalue weighted by Gasteiger charge is -2.08. The molecule has 2 N–H and O–H groups in total. The molecule has 4 aromatic rings. The predicted octanol–water partition coefficient (Wildman–Crippen LogP) is 5.14. The van der Waals surface area contributed by atoms with Crippen molar-refractivity contribution in [2.45, 2.75) is 20.1 Å². The van der Waals surface area contributed by atoms with E-state index < -0.39 is 47.4 Å². The van der Waals surface area contributed by atoms with Crippen LogP contribution in [0.2, 0.25) is 0 Å². The fourth-order valence-corrected chi connectivity index (χ4v) is 3.14. The highest BCUT2D eigenvalue weighted by molar-refractivity contribution is 6.10. The summed E-state index contributed by atoms with van der Waals surface area (Å²) in [5, 5.41) is 9.39. The summed E-state index contributed by atoms with van der Waals surface area (Å²) in [6.45, 7) is 1.60. The average Bonchev–Trinajstić information content (AvgIpc) is 3.51. The number of furan rings is 1. The summed E-state index contributed by atoms with van der Waals surface area (Å²) in [6, 6.07) is 11.2. The van der Waals surface area contributed by atoms with Crippen molar-refractivity contribution in [2.24, 2.45) is 0 Å². The zero-order chi connectivity index (χ0) is 25.8. The Balaban J connectivity index is 1.46. The van der Waals surface area contributed by atoms with Crippen molar-refractivity contribution in [3.8, 4) is 5.75 Å². The number of hydrogen-bond acceptors (Lipinski definition) is 5. The van der Waals surface area contributed by atoms with Crippen LogP contribution in [0, 0.1) is 23.3 Å². The summed E-state index contributed by atoms with van der Waals surface area (Å²) in [5.74, 6) is -9.49. The molecule has 0 bridgehead atoms. The van der Waals surface area contributed by atoms with Gasteiger partial charge in [-0.05, 0) is 31.2 Å². The van der Waals surface area contributed by atoms with E-state index in [1.165, 1.54) is 23.0 Å². The largest absolute Gasteiger partial charge is 0.479 e. The number of anilines is 2. The molecule has 4 rings (SSSR count). The zero-order valence-electron chi connectivity index (χ0n) is 18.6. The predicted molar refractivity (Wildman–Crippen MR) is 120 cm³/mol. The number of aryl methyl sites for hydroxylation is 1. The Morgan fingerprint density at radius 1 is 0.972 bits per heavy atom. The van der Waals surface area contributed by atoms with E-state index in [0.29, 0.717) is 12.2 Å². The number of amides is 2. The minimum absolute atomic E-state index is 0.0387. The van der Waals surface area contributed by atoms with E-state index in [4.69, 9.17) is 9.15 Å². The lowest BCUT2D eigenvalue weighted by molar-refractivity contribution is 0.0992. The molecule has 12 heteroatoms. The number of hydrogen-bond donors (Lipinski definition) is 2. The molecule has 186 valence electrons. The molecular formula is C24H18F4N4O4. The first-order chi connectivity index (χ1) is 17.3. The molecule has 0 aliphatic carbocycles. The van der Waals surface area contributed by atoms with E-state index in [2.05, 4.69) is 15.7 Å². The highest BCUT2D eigenvalue weighted by Crippen LogP contribution is 2.27. The van der Waals surface area contributed by atoms with Crippen LogP contribution in [0.25, 0.3) is 0 Å². The van der Waals surface area contributed by atoms with Gasteiger partial charge in [-0.25, -0.2) is 8.78 Å². The number of halogens is 4. The Bertz CT molecular complexity index is 1390. The van der Waals surface area contributed by atoms with Crippen LogP contribution in [0.1, 0.15) is 33.7 Å². The maximum atomic E-state index is 13.8. The van der Waals surface area contributed by atoms with Crippen LogP contribution in [-0.2, 0) is 13.2 Å². The Labute approximate surface area is 201 Å². The molecule has 0 atom stereocenters. The molecule has 36 heavy (non-hydrogen) atoms. The number of nitrogens with one attached hydrogen (secondary N) is 2. The second-order valence-electron chi connectivity index (χ2n) is 7.37. The normalized spacial score (nSPS) is 10.8. The topological polar surface area (TPSA) is 98.4 Å². The highest BCUT2D eigenvalue weighted by Gasteiger charge is 2.23. The molecule has 0 unspecified atom stereocenters. The number of para-hydroxylation sites is 1. The van der Waals surface area contributed by atoms with Gasteiger partial charge in [-0.2, -0.15) is 13.9 Å². The molecule has 2 heterocycles. The first-order valence-corrected chi connectivity index (χ1v) is 10.6. The number of carbonyl (C=O) groups is 2. The van der Waals surface area contributed by atoms with Crippen LogP contribution in [0.5, 0.6) is 5.75 Å². The van der Waals surface area contributed by atoms with Crippen molar-refractivity contribution in [1.82, 2.24) is 9.78 Å². The molecule has 0 radical (unpaired) electrons. The van der Waals surface area contributed by atoms with Crippen molar-refractivity contribution >= 4 is 23.2 Å². The van der Waals surface area contributed by atoms with Crippen LogP contribution in [-0.4, -0.2) is 21.6 Å². The Morgan fingerprint density at radius 3 is 2.33 bits per heavy atom. The van der Waals surface area contributed by atoms with Gasteiger partial charge in [0, 0.05) is 24.5 Å². The minimum atomic E-state index is -1.70. The van der Waals surface area contributed by atoms with Crippen LogP contribution in [0.3, 0.4) is 0 Å². The number of benzene rings is 2. The third-order valence-electron chi connectivity index (χ3n) is 4.90. The van der Waals surface area contributed by atoms with Gasteiger partial charge in [0.15, 0.2) is 28.8 Å². The molecule has 0 aliphatic heterocycles. The third kappa shape index (κ3) is 5.22. The first kappa shape index (κ1) is 24.5. The Kier molecular flexibility index (Phi) is 7.04. The van der Waals surface area contributed by atoms with E-state index >= 15 is 0 Å². The molecule has 0 saturated carbocycles. The summed E-state index contributed by atoms with van der Waals surface area (Å²) in [4.78, 5) is 25.4. The quantitative estimate of drug-likeness (QED) is 0.257. The summed E-state index contributed by atoms with van der Waals surface area (Å²) in [5.41, 5.74) is 0.611. The summed E-state index contributed by atoms with van der Waals surface area (Å²) >= 11 is 0. The van der Waals surface area contributed by atoms with Crippen molar-refractivity contribution in [2.75, 3.05) is 10.6 Å². The number of ether oxygens (including phenoxy) is 1. The van der Waals surface area contributed by atoms with Gasteiger partial charge in [0.05, 0.1) is 5.69 Å². The fraction of sp³-hybridized carbons (Fsp3) is 0.125. The van der Waals surface area contributed by atoms with Gasteiger partial charge in [-0.1, -0.05) is 18.2 Å². The number of carbonyl (C=O) groups excluding carboxylic acids is 2. The lowest BCUT2D eigenvalue weighted by Crippen LogP contribution is -2.17. The average molecular weight is 502 g/mol. The molecule has 8 nitrogen and oxygen atoms in total. The molecule has 0 aliphatic rings. The van der Waals surface area contributed by atoms with Crippen LogP contribution >= 0.6 is 0 Å². The van der Waals surface area contributed by atoms with E-state index in [-0.39, 0.29) is 29.0 Å². The Hall–Kier alpha value is -4.61. The van der Waals surface area contributed by atoms with Gasteiger partial charge in [-0.15, -0.1) is 0 Å². The smallest absolute Gasteiger partial charge is 0.291 e. The summed E-state index contributed by atoms with van der Waals surface area (Å²) < 4.78 is 65.8. The summed E-state index contributed by atoms with van der Waals surface area (Å²) in [7, 11) is 0. The number of aromatic nitrogens is 2. The molecule has 2 amide bonds. The van der Waals surface area contributed by atoms with E-state index in [9.17, 15) is 27.2 Å². The third-order valence-corrected chi connectivity index (χ3v) is 4.90. The summed E-state index contributed by atoms with van der Waals surface area (Å²) in [6.07, 6.45) is 1.47. The Morgan fingerprint density at radius 2 is 1.67 bits per heavy atom. The van der Waals surface area contributed by atoms with Crippen molar-refractivity contribution < 1.29 is 36.3 Å². The van der Waals surface area contributed by atoms with E-state index in [0.717, 1.165) is 0 Å². The lowest BCUT2D eigenvalue weighted by atomic mass is 10.3. The number of rotatable bonds is 8. The second-order valence-corrected chi connectivity index (χ2v) is 7.37.